The summed E-state index contributed by atoms with van der Waals surface area (Å²) in [5.41, 5.74) is -0.666. The Morgan fingerprint density at radius 2 is 1.86 bits per heavy atom. The molecule has 0 aliphatic carbocycles. The molecule has 0 aliphatic heterocycles. The van der Waals surface area contributed by atoms with Gasteiger partial charge in [0.2, 0.25) is 0 Å². The molecule has 0 unspecified atom stereocenters. The maximum atomic E-state index is 13.0. The number of hydrogen-bond donors (Lipinski definition) is 1. The highest BCUT2D eigenvalue weighted by Gasteiger charge is 2.31. The van der Waals surface area contributed by atoms with Crippen molar-refractivity contribution in [1.82, 2.24) is 4.98 Å². The second-order valence-electron chi connectivity index (χ2n) is 7.11. The molecule has 154 valence electrons. The van der Waals surface area contributed by atoms with E-state index in [1.54, 1.807) is 20.8 Å². The number of benzene rings is 1. The Hall–Kier alpha value is -3.00. The Kier molecular flexibility index (Phi) is 6.58. The molecule has 0 amide bonds. The van der Waals surface area contributed by atoms with Gasteiger partial charge in [0.1, 0.15) is 5.60 Å². The highest BCUT2D eigenvalue weighted by atomic mass is 35.5. The minimum Gasteiger partial charge on any atom is -0.478 e. The topological polar surface area (TPSA) is 120 Å². The van der Waals surface area contributed by atoms with E-state index in [0.717, 1.165) is 0 Å². The summed E-state index contributed by atoms with van der Waals surface area (Å²) in [7, 11) is 0. The van der Waals surface area contributed by atoms with Crippen LogP contribution in [-0.2, 0) is 4.74 Å². The first-order chi connectivity index (χ1) is 13.5. The van der Waals surface area contributed by atoms with Crippen LogP contribution < -0.4 is 0 Å². The number of aryl methyl sites for hydroxylation is 2. The molecule has 0 atom stereocenters. The molecule has 0 bridgehead atoms. The Balaban J connectivity index is 2.79. The van der Waals surface area contributed by atoms with Gasteiger partial charge in [-0.25, -0.2) is 9.59 Å². The van der Waals surface area contributed by atoms with E-state index in [1.807, 2.05) is 0 Å². The average molecular weight is 421 g/mol. The number of rotatable bonds is 7. The Bertz CT molecular complexity index is 987. The van der Waals surface area contributed by atoms with Gasteiger partial charge < -0.3 is 9.84 Å². The average Bonchev–Trinajstić information content (AvgIpc) is 2.59. The fourth-order valence-corrected chi connectivity index (χ4v) is 3.46. The van der Waals surface area contributed by atoms with Gasteiger partial charge in [0.25, 0.3) is 5.69 Å². The minimum absolute atomic E-state index is 0.0397. The molecule has 0 spiro atoms. The summed E-state index contributed by atoms with van der Waals surface area (Å²) >= 11 is 5.76. The molecule has 0 fully saturated rings. The van der Waals surface area contributed by atoms with Crippen LogP contribution in [-0.4, -0.2) is 38.4 Å². The predicted molar refractivity (Wildman–Crippen MR) is 108 cm³/mol. The molecule has 2 aromatic rings. The van der Waals surface area contributed by atoms with Crippen LogP contribution in [0.4, 0.5) is 5.69 Å². The zero-order valence-corrected chi connectivity index (χ0v) is 17.2. The molecular formula is C20H21ClN2O6. The van der Waals surface area contributed by atoms with Gasteiger partial charge in [-0.1, -0.05) is 12.1 Å². The summed E-state index contributed by atoms with van der Waals surface area (Å²) in [6, 6.07) is 5.44. The molecule has 1 aromatic carbocycles. The van der Waals surface area contributed by atoms with Crippen LogP contribution in [0.3, 0.4) is 0 Å². The number of aromatic carboxylic acids is 1. The van der Waals surface area contributed by atoms with E-state index in [9.17, 15) is 24.8 Å². The second-order valence-corrected chi connectivity index (χ2v) is 7.49. The number of alkyl halides is 1. The van der Waals surface area contributed by atoms with Crippen LogP contribution in [0.15, 0.2) is 24.3 Å². The molecule has 9 heteroatoms. The molecule has 2 rings (SSSR count). The third-order valence-corrected chi connectivity index (χ3v) is 4.58. The Labute approximate surface area is 172 Å². The van der Waals surface area contributed by atoms with Crippen molar-refractivity contribution in [2.45, 2.75) is 39.7 Å². The van der Waals surface area contributed by atoms with E-state index in [4.69, 9.17) is 16.3 Å². The maximum Gasteiger partial charge on any atom is 0.341 e. The van der Waals surface area contributed by atoms with Crippen molar-refractivity contribution in [3.05, 3.63) is 56.9 Å². The largest absolute Gasteiger partial charge is 0.478 e. The van der Waals surface area contributed by atoms with Gasteiger partial charge in [-0.05, 0) is 33.3 Å². The van der Waals surface area contributed by atoms with Gasteiger partial charge in [0.05, 0.1) is 27.4 Å². The molecule has 1 aromatic heterocycles. The SMILES string of the molecule is Cc1nc(C)c(C(=O)OC(C)(C)CCCl)c(-c2cccc([N+](=O)[O-])c2)c1C(=O)O. The molecule has 0 aliphatic rings. The number of pyridine rings is 1. The zero-order valence-electron chi connectivity index (χ0n) is 16.5. The molecule has 29 heavy (non-hydrogen) atoms. The summed E-state index contributed by atoms with van der Waals surface area (Å²) < 4.78 is 5.57. The molecule has 1 N–H and O–H groups in total. The molecular weight excluding hydrogens is 400 g/mol. The quantitative estimate of drug-likeness (QED) is 0.302. The third-order valence-electron chi connectivity index (χ3n) is 4.39. The number of nitro groups is 1. The van der Waals surface area contributed by atoms with E-state index in [2.05, 4.69) is 4.98 Å². The van der Waals surface area contributed by atoms with Crippen LogP contribution in [0.2, 0.25) is 0 Å². The fourth-order valence-electron chi connectivity index (χ4n) is 3.01. The minimum atomic E-state index is -1.30. The lowest BCUT2D eigenvalue weighted by Crippen LogP contribution is -2.29. The number of nitro benzene ring substituents is 1. The van der Waals surface area contributed by atoms with Crippen LogP contribution in [0.25, 0.3) is 11.1 Å². The van der Waals surface area contributed by atoms with Gasteiger partial charge in [-0.15, -0.1) is 11.6 Å². The van der Waals surface area contributed by atoms with Gasteiger partial charge in [0.15, 0.2) is 0 Å². The molecule has 0 saturated heterocycles. The number of esters is 1. The summed E-state index contributed by atoms with van der Waals surface area (Å²) in [6.45, 7) is 6.44. The number of nitrogens with zero attached hydrogens (tertiary/aromatic N) is 2. The van der Waals surface area contributed by atoms with Crippen molar-refractivity contribution >= 4 is 29.2 Å². The highest BCUT2D eigenvalue weighted by Crippen LogP contribution is 2.34. The normalized spacial score (nSPS) is 11.2. The number of carbonyl (C=O) groups is 2. The fraction of sp³-hybridized carbons (Fsp3) is 0.350. The van der Waals surface area contributed by atoms with Crippen molar-refractivity contribution in [2.24, 2.45) is 0 Å². The summed E-state index contributed by atoms with van der Waals surface area (Å²) in [5.74, 6) is -1.80. The first kappa shape index (κ1) is 22.3. The molecule has 0 radical (unpaired) electrons. The summed E-state index contributed by atoms with van der Waals surface area (Å²) in [6.07, 6.45) is 0.385. The summed E-state index contributed by atoms with van der Waals surface area (Å²) in [5, 5.41) is 20.9. The first-order valence-electron chi connectivity index (χ1n) is 8.77. The number of carboxylic acids is 1. The smallest absolute Gasteiger partial charge is 0.341 e. The van der Waals surface area contributed by atoms with E-state index in [0.29, 0.717) is 6.42 Å². The monoisotopic (exact) mass is 420 g/mol. The van der Waals surface area contributed by atoms with Gasteiger partial charge in [-0.2, -0.15) is 0 Å². The third kappa shape index (κ3) is 4.89. The van der Waals surface area contributed by atoms with Crippen LogP contribution in [0, 0.1) is 24.0 Å². The Morgan fingerprint density at radius 1 is 1.24 bits per heavy atom. The number of non-ortho nitro benzene ring substituents is 1. The van der Waals surface area contributed by atoms with Gasteiger partial charge in [0, 0.05) is 30.0 Å². The predicted octanol–water partition coefficient (Wildman–Crippen LogP) is 4.54. The molecule has 0 saturated carbocycles. The van der Waals surface area contributed by atoms with E-state index < -0.39 is 22.5 Å². The van der Waals surface area contributed by atoms with E-state index >= 15 is 0 Å². The maximum absolute atomic E-state index is 13.0. The standard InChI is InChI=1S/C20H21ClN2O6/c1-11-15(18(24)25)17(13-6-5-7-14(10-13)23(27)28)16(12(2)22-11)19(26)29-20(3,4)8-9-21/h5-7,10H,8-9H2,1-4H3,(H,24,25). The van der Waals surface area contributed by atoms with E-state index in [-0.39, 0.29) is 45.2 Å². The van der Waals surface area contributed by atoms with Crippen molar-refractivity contribution in [2.75, 3.05) is 5.88 Å². The number of carbonyl (C=O) groups excluding carboxylic acids is 1. The Morgan fingerprint density at radius 3 is 2.41 bits per heavy atom. The van der Waals surface area contributed by atoms with Crippen LogP contribution >= 0.6 is 11.6 Å². The van der Waals surface area contributed by atoms with Crippen LogP contribution in [0.1, 0.15) is 52.4 Å². The molecule has 1 heterocycles. The number of hydrogen-bond acceptors (Lipinski definition) is 6. The van der Waals surface area contributed by atoms with Crippen molar-refractivity contribution in [1.29, 1.82) is 0 Å². The lowest BCUT2D eigenvalue weighted by Gasteiger charge is -2.25. The number of carboxylic acid groups (broad SMARTS) is 1. The number of aromatic nitrogens is 1. The number of ether oxygens (including phenoxy) is 1. The lowest BCUT2D eigenvalue weighted by molar-refractivity contribution is -0.384. The molecule has 8 nitrogen and oxygen atoms in total. The van der Waals surface area contributed by atoms with Crippen molar-refractivity contribution < 1.29 is 24.4 Å². The lowest BCUT2D eigenvalue weighted by atomic mass is 9.92. The van der Waals surface area contributed by atoms with Crippen molar-refractivity contribution in [3.63, 3.8) is 0 Å². The first-order valence-corrected chi connectivity index (χ1v) is 9.30. The van der Waals surface area contributed by atoms with Crippen LogP contribution in [0.5, 0.6) is 0 Å². The van der Waals surface area contributed by atoms with Gasteiger partial charge >= 0.3 is 11.9 Å². The zero-order chi connectivity index (χ0) is 21.9. The number of halogens is 1. The summed E-state index contributed by atoms with van der Waals surface area (Å²) in [4.78, 5) is 39.8. The second kappa shape index (κ2) is 8.57. The van der Waals surface area contributed by atoms with E-state index in [1.165, 1.54) is 31.2 Å². The highest BCUT2D eigenvalue weighted by molar-refractivity contribution is 6.17. The van der Waals surface area contributed by atoms with Crippen molar-refractivity contribution in [3.8, 4) is 11.1 Å². The van der Waals surface area contributed by atoms with Gasteiger partial charge in [-0.3, -0.25) is 15.1 Å².